The van der Waals surface area contributed by atoms with E-state index in [9.17, 15) is 4.79 Å². The largest absolute Gasteiger partial charge is 0.455 e. The number of aldehydes is 1. The zero-order chi connectivity index (χ0) is 17.3. The van der Waals surface area contributed by atoms with E-state index in [1.807, 2.05) is 25.3 Å². The van der Waals surface area contributed by atoms with E-state index < -0.39 is 0 Å². The van der Waals surface area contributed by atoms with Crippen LogP contribution in [-0.2, 0) is 4.79 Å². The van der Waals surface area contributed by atoms with E-state index in [2.05, 4.69) is 57.3 Å². The molecule has 0 atom stereocenters. The smallest absolute Gasteiger partial charge is 0.150 e. The van der Waals surface area contributed by atoms with E-state index in [0.717, 1.165) is 73.0 Å². The molecule has 0 saturated heterocycles. The molecule has 3 rings (SSSR count). The van der Waals surface area contributed by atoms with Gasteiger partial charge in [0.25, 0.3) is 0 Å². The van der Waals surface area contributed by atoms with Gasteiger partial charge in [-0.1, -0.05) is 0 Å². The lowest BCUT2D eigenvalue weighted by atomic mass is 9.97. The van der Waals surface area contributed by atoms with Crippen LogP contribution in [0.15, 0.2) is 34.0 Å². The molecule has 6 heteroatoms. The van der Waals surface area contributed by atoms with Gasteiger partial charge in [-0.05, 0) is 83.0 Å². The molecular weight excluding hydrogens is 530 g/mol. The first kappa shape index (κ1) is 17.9. The molecule has 24 heavy (non-hydrogen) atoms. The number of hydrogen-bond acceptors (Lipinski definition) is 3. The average molecular weight is 548 g/mol. The molecule has 1 aromatic rings. The topological polar surface area (TPSA) is 41.9 Å². The molecule has 0 radical (unpaired) electrons. The molecule has 0 N–H and O–H groups in total. The monoisotopic (exact) mass is 548 g/mol. The summed E-state index contributed by atoms with van der Waals surface area (Å²) in [6.45, 7) is 0. The van der Waals surface area contributed by atoms with Crippen LogP contribution < -0.4 is 4.74 Å². The number of nitrogens with zero attached hydrogens (tertiary/aromatic N) is 2. The van der Waals surface area contributed by atoms with Crippen molar-refractivity contribution in [3.63, 3.8) is 0 Å². The van der Waals surface area contributed by atoms with Crippen molar-refractivity contribution in [2.24, 2.45) is 4.99 Å². The highest BCUT2D eigenvalue weighted by molar-refractivity contribution is 14.1. The van der Waals surface area contributed by atoms with Gasteiger partial charge in [0, 0.05) is 34.4 Å². The Morgan fingerprint density at radius 3 is 2.67 bits per heavy atom. The van der Waals surface area contributed by atoms with Gasteiger partial charge < -0.3 is 9.64 Å². The van der Waals surface area contributed by atoms with Crippen molar-refractivity contribution in [1.82, 2.24) is 4.90 Å². The molecule has 1 aliphatic heterocycles. The minimum absolute atomic E-state index is 0.722. The molecule has 4 nitrogen and oxygen atoms in total. The van der Waals surface area contributed by atoms with Crippen molar-refractivity contribution in [3.05, 3.63) is 41.7 Å². The van der Waals surface area contributed by atoms with Crippen molar-refractivity contribution in [3.8, 4) is 5.75 Å². The fourth-order valence-electron chi connectivity index (χ4n) is 2.93. The Bertz CT molecular complexity index is 779. The Morgan fingerprint density at radius 2 is 1.96 bits per heavy atom. The summed E-state index contributed by atoms with van der Waals surface area (Å²) < 4.78 is 8.42. The number of allylic oxidation sites excluding steroid dienone is 2. The van der Waals surface area contributed by atoms with Crippen LogP contribution in [-0.4, -0.2) is 31.6 Å². The van der Waals surface area contributed by atoms with Crippen molar-refractivity contribution in [2.45, 2.75) is 25.7 Å². The number of fused-ring (bicyclic) bond motifs is 2. The summed E-state index contributed by atoms with van der Waals surface area (Å²) in [6.07, 6.45) is 6.44. The van der Waals surface area contributed by atoms with Gasteiger partial charge >= 0.3 is 0 Å². The molecule has 126 valence electrons. The maximum absolute atomic E-state index is 11.6. The van der Waals surface area contributed by atoms with E-state index in [1.54, 1.807) is 0 Å². The summed E-state index contributed by atoms with van der Waals surface area (Å²) in [5.74, 6) is 1.53. The minimum atomic E-state index is 0.722. The zero-order valence-electron chi connectivity index (χ0n) is 13.6. The van der Waals surface area contributed by atoms with Crippen molar-refractivity contribution >= 4 is 63.5 Å². The van der Waals surface area contributed by atoms with Crippen LogP contribution in [0.5, 0.6) is 5.75 Å². The molecular formula is C18H18I2N2O2. The Hall–Kier alpha value is -0.900. The SMILES string of the molecule is CN(C)C=NC1=C2CCCCC(C=O)=C2Oc2c(I)cc(I)cc21. The van der Waals surface area contributed by atoms with Crippen LogP contribution in [0, 0.1) is 7.14 Å². The number of hydrogen-bond donors (Lipinski definition) is 0. The standard InChI is InChI=1S/C18H18I2N2O2/c1-22(2)10-21-16-13-6-4-3-5-11(9-23)17(13)24-18-14(16)7-12(19)8-15(18)20/h7-10H,3-6H2,1-2H3. The number of benzene rings is 1. The van der Waals surface area contributed by atoms with E-state index in [4.69, 9.17) is 9.73 Å². The number of aliphatic imine (C=N–C) groups is 1. The molecule has 0 aromatic heterocycles. The van der Waals surface area contributed by atoms with Gasteiger partial charge in [0.05, 0.1) is 15.6 Å². The molecule has 1 heterocycles. The third-order valence-electron chi connectivity index (χ3n) is 4.00. The summed E-state index contributed by atoms with van der Waals surface area (Å²) >= 11 is 4.60. The van der Waals surface area contributed by atoms with Crippen LogP contribution in [0.25, 0.3) is 5.70 Å². The van der Waals surface area contributed by atoms with Crippen LogP contribution >= 0.6 is 45.2 Å². The molecule has 1 aromatic carbocycles. The third kappa shape index (κ3) is 3.54. The average Bonchev–Trinajstić information content (AvgIpc) is 2.73. The highest BCUT2D eigenvalue weighted by Gasteiger charge is 2.30. The zero-order valence-corrected chi connectivity index (χ0v) is 17.9. The number of halogens is 2. The van der Waals surface area contributed by atoms with Gasteiger partial charge in [-0.3, -0.25) is 4.79 Å². The van der Waals surface area contributed by atoms with Crippen LogP contribution in [0.2, 0.25) is 0 Å². The normalized spacial score (nSPS) is 17.3. The number of carbonyl (C=O) groups is 1. The first-order chi connectivity index (χ1) is 11.5. The molecule has 0 fully saturated rings. The Balaban J connectivity index is 2.30. The van der Waals surface area contributed by atoms with Crippen LogP contribution in [0.4, 0.5) is 0 Å². The summed E-state index contributed by atoms with van der Waals surface area (Å²) in [4.78, 5) is 18.2. The van der Waals surface area contributed by atoms with Crippen LogP contribution in [0.1, 0.15) is 31.2 Å². The summed E-state index contributed by atoms with van der Waals surface area (Å²) in [6, 6.07) is 4.19. The molecule has 0 saturated carbocycles. The van der Waals surface area contributed by atoms with E-state index in [0.29, 0.717) is 0 Å². The first-order valence-electron chi connectivity index (χ1n) is 7.81. The van der Waals surface area contributed by atoms with Gasteiger partial charge in [0.15, 0.2) is 0 Å². The lowest BCUT2D eigenvalue weighted by Crippen LogP contribution is -2.14. The molecule has 2 aliphatic rings. The van der Waals surface area contributed by atoms with Gasteiger partial charge in [-0.25, -0.2) is 4.99 Å². The highest BCUT2D eigenvalue weighted by Crippen LogP contribution is 2.45. The second-order valence-corrected chi connectivity index (χ2v) is 8.49. The van der Waals surface area contributed by atoms with E-state index in [1.165, 1.54) is 0 Å². The van der Waals surface area contributed by atoms with Gasteiger partial charge in [-0.2, -0.15) is 0 Å². The predicted molar refractivity (Wildman–Crippen MR) is 113 cm³/mol. The first-order valence-corrected chi connectivity index (χ1v) is 9.96. The number of ether oxygens (including phenoxy) is 1. The van der Waals surface area contributed by atoms with E-state index in [-0.39, 0.29) is 0 Å². The quantitative estimate of drug-likeness (QED) is 0.240. The Kier molecular flexibility index (Phi) is 5.63. The van der Waals surface area contributed by atoms with Crippen molar-refractivity contribution < 1.29 is 9.53 Å². The van der Waals surface area contributed by atoms with Crippen LogP contribution in [0.3, 0.4) is 0 Å². The lowest BCUT2D eigenvalue weighted by molar-refractivity contribution is -0.105. The lowest BCUT2D eigenvalue weighted by Gasteiger charge is -2.25. The second-order valence-electron chi connectivity index (χ2n) is 6.08. The van der Waals surface area contributed by atoms with Gasteiger partial charge in [0.1, 0.15) is 17.8 Å². The summed E-state index contributed by atoms with van der Waals surface area (Å²) in [7, 11) is 3.91. The fraction of sp³-hybridized carbons (Fsp3) is 0.333. The highest BCUT2D eigenvalue weighted by atomic mass is 127. The minimum Gasteiger partial charge on any atom is -0.455 e. The van der Waals surface area contributed by atoms with Gasteiger partial charge in [-0.15, -0.1) is 0 Å². The maximum atomic E-state index is 11.6. The fourth-order valence-corrected chi connectivity index (χ4v) is 4.88. The maximum Gasteiger partial charge on any atom is 0.150 e. The summed E-state index contributed by atoms with van der Waals surface area (Å²) in [5.41, 5.74) is 3.74. The third-order valence-corrected chi connectivity index (χ3v) is 5.43. The molecule has 1 aliphatic carbocycles. The Labute approximate surface area is 169 Å². The van der Waals surface area contributed by atoms with E-state index >= 15 is 0 Å². The molecule has 0 spiro atoms. The van der Waals surface area contributed by atoms with Crippen molar-refractivity contribution in [2.75, 3.05) is 14.1 Å². The number of rotatable bonds is 3. The number of carbonyl (C=O) groups excluding carboxylic acids is 1. The molecule has 0 bridgehead atoms. The summed E-state index contributed by atoms with van der Waals surface area (Å²) in [5, 5.41) is 0. The van der Waals surface area contributed by atoms with Crippen molar-refractivity contribution in [1.29, 1.82) is 0 Å². The van der Waals surface area contributed by atoms with Gasteiger partial charge in [0.2, 0.25) is 0 Å². The second kappa shape index (κ2) is 7.55. The molecule has 0 amide bonds. The molecule has 0 unspecified atom stereocenters. The Morgan fingerprint density at radius 1 is 1.21 bits per heavy atom. The predicted octanol–water partition coefficient (Wildman–Crippen LogP) is 4.62.